The molecule has 2 aromatic rings. The number of aryl methyl sites for hydroxylation is 1. The lowest BCUT2D eigenvalue weighted by Crippen LogP contribution is -2.09. The van der Waals surface area contributed by atoms with Gasteiger partial charge in [-0.05, 0) is 29.3 Å². The summed E-state index contributed by atoms with van der Waals surface area (Å²) < 4.78 is 44.7. The molecule has 0 atom stereocenters. The van der Waals surface area contributed by atoms with E-state index in [0.717, 1.165) is 4.68 Å². The van der Waals surface area contributed by atoms with Gasteiger partial charge in [-0.25, -0.2) is 4.79 Å². The van der Waals surface area contributed by atoms with E-state index in [-0.39, 0.29) is 16.7 Å². The van der Waals surface area contributed by atoms with E-state index in [2.05, 4.69) is 9.84 Å². The summed E-state index contributed by atoms with van der Waals surface area (Å²) in [4.78, 5) is 11.6. The summed E-state index contributed by atoms with van der Waals surface area (Å²) in [5.41, 5.74) is -0.736. The van der Waals surface area contributed by atoms with Gasteiger partial charge in [-0.3, -0.25) is 4.68 Å². The zero-order chi connectivity index (χ0) is 16.5. The Bertz CT molecular complexity index is 708. The molecule has 0 bridgehead atoms. The Labute approximate surface area is 123 Å². The van der Waals surface area contributed by atoms with Crippen LogP contribution in [0.2, 0.25) is 0 Å². The average Bonchev–Trinajstić information content (AvgIpc) is 2.88. The lowest BCUT2D eigenvalue weighted by Gasteiger charge is -2.09. The maximum Gasteiger partial charge on any atom is 0.435 e. The number of carbonyl (C=O) groups excluding carboxylic acids is 1. The number of methoxy groups -OCH3 is 1. The van der Waals surface area contributed by atoms with Crippen LogP contribution >= 0.6 is 0 Å². The fourth-order valence-electron chi connectivity index (χ4n) is 2.08. The molecule has 22 heavy (non-hydrogen) atoms. The fraction of sp³-hybridized carbons (Fsp3) is 0.286. The second kappa shape index (κ2) is 5.80. The molecule has 0 amide bonds. The molecule has 0 radical (unpaired) electrons. The first-order valence-corrected chi connectivity index (χ1v) is 6.20. The lowest BCUT2D eigenvalue weighted by molar-refractivity contribution is -0.140. The van der Waals surface area contributed by atoms with E-state index < -0.39 is 24.4 Å². The summed E-state index contributed by atoms with van der Waals surface area (Å²) in [7, 11) is 2.54. The van der Waals surface area contributed by atoms with Crippen molar-refractivity contribution in [3.05, 3.63) is 41.2 Å². The SMILES string of the molecule is COC(=O)c1cc(CO)cc(-c2cn(C)nc2C(F)(F)F)c1. The van der Waals surface area contributed by atoms with Crippen LogP contribution in [0, 0.1) is 0 Å². The Morgan fingerprint density at radius 3 is 2.59 bits per heavy atom. The molecule has 1 aromatic carbocycles. The molecule has 1 aromatic heterocycles. The highest BCUT2D eigenvalue weighted by Gasteiger charge is 2.37. The Hall–Kier alpha value is -2.35. The van der Waals surface area contributed by atoms with Crippen LogP contribution in [0.4, 0.5) is 13.2 Å². The van der Waals surface area contributed by atoms with Crippen LogP contribution in [0.15, 0.2) is 24.4 Å². The zero-order valence-corrected chi connectivity index (χ0v) is 11.8. The monoisotopic (exact) mass is 314 g/mol. The molecule has 0 saturated carbocycles. The van der Waals surface area contributed by atoms with Crippen LogP contribution in [0.5, 0.6) is 0 Å². The summed E-state index contributed by atoms with van der Waals surface area (Å²) >= 11 is 0. The number of alkyl halides is 3. The first kappa shape index (κ1) is 16.0. The van der Waals surface area contributed by atoms with Crippen molar-refractivity contribution < 1.29 is 27.8 Å². The van der Waals surface area contributed by atoms with Crippen LogP contribution < -0.4 is 0 Å². The second-order valence-corrected chi connectivity index (χ2v) is 4.63. The predicted molar refractivity (Wildman–Crippen MR) is 70.9 cm³/mol. The van der Waals surface area contributed by atoms with Gasteiger partial charge in [0.15, 0.2) is 5.69 Å². The number of aromatic nitrogens is 2. The summed E-state index contributed by atoms with van der Waals surface area (Å²) in [6.45, 7) is -0.417. The van der Waals surface area contributed by atoms with Crippen molar-refractivity contribution in [3.8, 4) is 11.1 Å². The third-order valence-corrected chi connectivity index (χ3v) is 3.00. The van der Waals surface area contributed by atoms with E-state index in [1.54, 1.807) is 0 Å². The summed E-state index contributed by atoms with van der Waals surface area (Å²) in [6, 6.07) is 4.01. The van der Waals surface area contributed by atoms with Gasteiger partial charge in [-0.1, -0.05) is 0 Å². The molecule has 118 valence electrons. The number of ether oxygens (including phenoxy) is 1. The van der Waals surface area contributed by atoms with Crippen LogP contribution in [-0.2, 0) is 24.6 Å². The van der Waals surface area contributed by atoms with Crippen LogP contribution in [-0.4, -0.2) is 28.0 Å². The van der Waals surface area contributed by atoms with Crippen molar-refractivity contribution in [1.29, 1.82) is 0 Å². The van der Waals surface area contributed by atoms with Crippen LogP contribution in [0.3, 0.4) is 0 Å². The van der Waals surface area contributed by atoms with Gasteiger partial charge >= 0.3 is 12.1 Å². The third kappa shape index (κ3) is 3.11. The number of esters is 1. The minimum atomic E-state index is -4.63. The first-order chi connectivity index (χ1) is 10.3. The smallest absolute Gasteiger partial charge is 0.435 e. The molecule has 1 heterocycles. The van der Waals surface area contributed by atoms with Gasteiger partial charge in [0.05, 0.1) is 19.3 Å². The molecule has 5 nitrogen and oxygen atoms in total. The number of halogens is 3. The molecule has 0 aliphatic rings. The minimum absolute atomic E-state index is 0.0565. The number of aliphatic hydroxyl groups excluding tert-OH is 1. The van der Waals surface area contributed by atoms with Gasteiger partial charge in [-0.15, -0.1) is 0 Å². The molecule has 0 unspecified atom stereocenters. The number of rotatable bonds is 3. The number of aliphatic hydroxyl groups is 1. The molecule has 0 spiro atoms. The largest absolute Gasteiger partial charge is 0.465 e. The van der Waals surface area contributed by atoms with Gasteiger partial charge in [0, 0.05) is 18.8 Å². The lowest BCUT2D eigenvalue weighted by atomic mass is 10.00. The van der Waals surface area contributed by atoms with Gasteiger partial charge in [0.2, 0.25) is 0 Å². The van der Waals surface area contributed by atoms with Crippen molar-refractivity contribution in [1.82, 2.24) is 9.78 Å². The van der Waals surface area contributed by atoms with Crippen molar-refractivity contribution in [2.75, 3.05) is 7.11 Å². The van der Waals surface area contributed by atoms with E-state index in [4.69, 9.17) is 0 Å². The number of benzene rings is 1. The predicted octanol–water partition coefficient (Wildman–Crippen LogP) is 2.38. The summed E-state index contributed by atoms with van der Waals surface area (Å²) in [5, 5.41) is 12.6. The second-order valence-electron chi connectivity index (χ2n) is 4.63. The standard InChI is InChI=1S/C14H13F3N2O3/c1-19-6-11(12(18-19)14(15,16)17)9-3-8(7-20)4-10(5-9)13(21)22-2/h3-6,20H,7H2,1-2H3. The molecule has 0 aliphatic heterocycles. The number of nitrogens with zero attached hydrogens (tertiary/aromatic N) is 2. The highest BCUT2D eigenvalue weighted by Crippen LogP contribution is 2.36. The average molecular weight is 314 g/mol. The van der Waals surface area contributed by atoms with E-state index in [1.165, 1.54) is 38.6 Å². The van der Waals surface area contributed by atoms with Gasteiger partial charge in [0.25, 0.3) is 0 Å². The maximum absolute atomic E-state index is 13.0. The molecular weight excluding hydrogens is 301 g/mol. The molecular formula is C14H13F3N2O3. The Morgan fingerprint density at radius 2 is 2.05 bits per heavy atom. The van der Waals surface area contributed by atoms with Gasteiger partial charge in [-0.2, -0.15) is 18.3 Å². The number of hydrogen-bond donors (Lipinski definition) is 1. The minimum Gasteiger partial charge on any atom is -0.465 e. The molecule has 2 rings (SSSR count). The first-order valence-electron chi connectivity index (χ1n) is 6.20. The quantitative estimate of drug-likeness (QED) is 0.884. The summed E-state index contributed by atoms with van der Waals surface area (Å²) in [6.07, 6.45) is -3.42. The van der Waals surface area contributed by atoms with Crippen molar-refractivity contribution in [2.45, 2.75) is 12.8 Å². The number of hydrogen-bond acceptors (Lipinski definition) is 4. The maximum atomic E-state index is 13.0. The molecule has 1 N–H and O–H groups in total. The Kier molecular flexibility index (Phi) is 4.23. The molecule has 8 heteroatoms. The van der Waals surface area contributed by atoms with Crippen molar-refractivity contribution >= 4 is 5.97 Å². The third-order valence-electron chi connectivity index (χ3n) is 3.00. The highest BCUT2D eigenvalue weighted by molar-refractivity contribution is 5.91. The van der Waals surface area contributed by atoms with E-state index in [0.29, 0.717) is 5.56 Å². The van der Waals surface area contributed by atoms with E-state index in [9.17, 15) is 23.1 Å². The Balaban J connectivity index is 2.65. The van der Waals surface area contributed by atoms with Crippen LogP contribution in [0.1, 0.15) is 21.6 Å². The van der Waals surface area contributed by atoms with Gasteiger partial charge in [0.1, 0.15) is 0 Å². The highest BCUT2D eigenvalue weighted by atomic mass is 19.4. The molecule has 0 saturated heterocycles. The zero-order valence-electron chi connectivity index (χ0n) is 11.8. The molecule has 0 aliphatic carbocycles. The van der Waals surface area contributed by atoms with Gasteiger partial charge < -0.3 is 9.84 Å². The Morgan fingerprint density at radius 1 is 1.36 bits per heavy atom. The topological polar surface area (TPSA) is 64.3 Å². The van der Waals surface area contributed by atoms with E-state index in [1.807, 2.05) is 0 Å². The normalized spacial score (nSPS) is 11.5. The van der Waals surface area contributed by atoms with Crippen molar-refractivity contribution in [2.24, 2.45) is 7.05 Å². The van der Waals surface area contributed by atoms with Crippen molar-refractivity contribution in [3.63, 3.8) is 0 Å². The van der Waals surface area contributed by atoms with E-state index >= 15 is 0 Å². The number of carbonyl (C=O) groups is 1. The molecule has 0 fully saturated rings. The summed E-state index contributed by atoms with van der Waals surface area (Å²) in [5.74, 6) is -0.700. The fourth-order valence-corrected chi connectivity index (χ4v) is 2.08. The van der Waals surface area contributed by atoms with Crippen LogP contribution in [0.25, 0.3) is 11.1 Å².